The lowest BCUT2D eigenvalue weighted by Gasteiger charge is -2.40. The lowest BCUT2D eigenvalue weighted by atomic mass is 10.00. The number of carbonyl (C=O) groups excluding carboxylic acids is 1. The first-order chi connectivity index (χ1) is 11.1. The van der Waals surface area contributed by atoms with Crippen LogP contribution in [-0.2, 0) is 9.53 Å². The van der Waals surface area contributed by atoms with Gasteiger partial charge in [-0.15, -0.1) is 0 Å². The van der Waals surface area contributed by atoms with Crippen molar-refractivity contribution in [3.8, 4) is 0 Å². The standard InChI is InChI=1S/C14H11N3O5S/c18-6-8-10(19)17-11(22-14(20)21)13(23-12(8)17)16-5-3-7-2-1-4-15-9(7)16/h1-5,8,12,18H,6H2,(H,20,21)/t8-,12+/m0/s1. The van der Waals surface area contributed by atoms with E-state index in [1.807, 2.05) is 12.1 Å². The Hall–Kier alpha value is -2.52. The second kappa shape index (κ2) is 5.00. The van der Waals surface area contributed by atoms with Crippen molar-refractivity contribution in [2.24, 2.45) is 5.92 Å². The number of nitrogens with zero attached hydrogens (tertiary/aromatic N) is 3. The molecule has 2 aliphatic rings. The van der Waals surface area contributed by atoms with Crippen LogP contribution < -0.4 is 0 Å². The van der Waals surface area contributed by atoms with E-state index in [4.69, 9.17) is 9.84 Å². The van der Waals surface area contributed by atoms with Crippen LogP contribution in [0.1, 0.15) is 0 Å². The first kappa shape index (κ1) is 14.1. The third kappa shape index (κ3) is 1.93. The Balaban J connectivity index is 1.83. The normalized spacial score (nSPS) is 23.2. The number of thioether (sulfide) groups is 1. The Morgan fingerprint density at radius 2 is 2.26 bits per heavy atom. The van der Waals surface area contributed by atoms with E-state index in [1.54, 1.807) is 23.0 Å². The summed E-state index contributed by atoms with van der Waals surface area (Å²) in [6.45, 7) is -0.286. The first-order valence-electron chi connectivity index (χ1n) is 6.80. The van der Waals surface area contributed by atoms with E-state index in [-0.39, 0.29) is 23.8 Å². The number of β-lactam (4-membered cyclic amide) rings is 1. The summed E-state index contributed by atoms with van der Waals surface area (Å²) in [5.74, 6) is -0.939. The molecule has 1 fully saturated rings. The van der Waals surface area contributed by atoms with Gasteiger partial charge in [0.05, 0.1) is 12.5 Å². The first-order valence-corrected chi connectivity index (χ1v) is 7.68. The number of hydrogen-bond acceptors (Lipinski definition) is 6. The SMILES string of the molecule is O=C(O)OC1=C(n2ccc3cccnc32)S[C@@H]2[C@@H](CO)C(=O)N12. The predicted molar refractivity (Wildman–Crippen MR) is 80.9 cm³/mol. The minimum absolute atomic E-state index is 0.0367. The van der Waals surface area contributed by atoms with Gasteiger partial charge in [0, 0.05) is 17.8 Å². The summed E-state index contributed by atoms with van der Waals surface area (Å²) in [5.41, 5.74) is 0.636. The Morgan fingerprint density at radius 1 is 1.43 bits per heavy atom. The molecule has 23 heavy (non-hydrogen) atoms. The van der Waals surface area contributed by atoms with Gasteiger partial charge >= 0.3 is 6.16 Å². The van der Waals surface area contributed by atoms with E-state index in [0.29, 0.717) is 10.7 Å². The molecule has 0 aromatic carbocycles. The third-order valence-corrected chi connectivity index (χ3v) is 5.21. The van der Waals surface area contributed by atoms with Crippen molar-refractivity contribution in [2.45, 2.75) is 5.37 Å². The molecule has 118 valence electrons. The van der Waals surface area contributed by atoms with Gasteiger partial charge in [-0.05, 0) is 18.2 Å². The van der Waals surface area contributed by atoms with E-state index < -0.39 is 12.1 Å². The van der Waals surface area contributed by atoms with Crippen LogP contribution in [0.3, 0.4) is 0 Å². The number of amides is 1. The van der Waals surface area contributed by atoms with Crippen molar-refractivity contribution in [3.63, 3.8) is 0 Å². The largest absolute Gasteiger partial charge is 0.512 e. The molecule has 0 aliphatic carbocycles. The van der Waals surface area contributed by atoms with Gasteiger partial charge in [0.1, 0.15) is 16.1 Å². The number of aromatic nitrogens is 2. The van der Waals surface area contributed by atoms with Crippen molar-refractivity contribution in [1.29, 1.82) is 0 Å². The zero-order valence-electron chi connectivity index (χ0n) is 11.6. The van der Waals surface area contributed by atoms with Crippen molar-refractivity contribution < 1.29 is 24.5 Å². The zero-order chi connectivity index (χ0) is 16.1. The molecule has 2 aromatic heterocycles. The van der Waals surface area contributed by atoms with E-state index in [0.717, 1.165) is 5.39 Å². The maximum atomic E-state index is 12.1. The number of aliphatic hydroxyl groups is 1. The molecule has 0 unspecified atom stereocenters. The molecule has 4 rings (SSSR count). The van der Waals surface area contributed by atoms with Gasteiger partial charge in [-0.25, -0.2) is 9.78 Å². The third-order valence-electron chi connectivity index (χ3n) is 3.84. The lowest BCUT2D eigenvalue weighted by molar-refractivity contribution is -0.151. The number of carbonyl (C=O) groups is 2. The topological polar surface area (TPSA) is 105 Å². The summed E-state index contributed by atoms with van der Waals surface area (Å²) < 4.78 is 6.54. The van der Waals surface area contributed by atoms with Gasteiger partial charge in [0.2, 0.25) is 11.8 Å². The molecule has 1 amide bonds. The Labute approximate surface area is 134 Å². The molecule has 4 heterocycles. The zero-order valence-corrected chi connectivity index (χ0v) is 12.4. The second-order valence-electron chi connectivity index (χ2n) is 5.09. The van der Waals surface area contributed by atoms with Crippen molar-refractivity contribution in [2.75, 3.05) is 6.61 Å². The van der Waals surface area contributed by atoms with Crippen LogP contribution in [0.5, 0.6) is 0 Å². The predicted octanol–water partition coefficient (Wildman–Crippen LogP) is 1.34. The minimum atomic E-state index is -1.50. The monoisotopic (exact) mass is 333 g/mol. The highest BCUT2D eigenvalue weighted by molar-refractivity contribution is 8.08. The molecule has 2 aliphatic heterocycles. The van der Waals surface area contributed by atoms with Gasteiger partial charge in [-0.1, -0.05) is 11.8 Å². The fraction of sp³-hybridized carbons (Fsp3) is 0.214. The van der Waals surface area contributed by atoms with Crippen LogP contribution in [0.4, 0.5) is 4.79 Å². The summed E-state index contributed by atoms with van der Waals surface area (Å²) in [6.07, 6.45) is 1.88. The van der Waals surface area contributed by atoms with Gasteiger partial charge in [-0.3, -0.25) is 14.3 Å². The van der Waals surface area contributed by atoms with Gasteiger partial charge in [0.15, 0.2) is 0 Å². The lowest BCUT2D eigenvalue weighted by Crippen LogP contribution is -2.58. The quantitative estimate of drug-likeness (QED) is 0.645. The van der Waals surface area contributed by atoms with Gasteiger partial charge in [-0.2, -0.15) is 0 Å². The molecule has 0 spiro atoms. The second-order valence-corrected chi connectivity index (χ2v) is 6.19. The van der Waals surface area contributed by atoms with Crippen LogP contribution in [0.25, 0.3) is 16.1 Å². The number of rotatable bonds is 3. The van der Waals surface area contributed by atoms with Gasteiger partial charge in [0.25, 0.3) is 0 Å². The van der Waals surface area contributed by atoms with E-state index in [2.05, 4.69) is 4.98 Å². The number of ether oxygens (including phenoxy) is 1. The van der Waals surface area contributed by atoms with Crippen LogP contribution in [0.2, 0.25) is 0 Å². The van der Waals surface area contributed by atoms with Gasteiger partial charge < -0.3 is 14.9 Å². The van der Waals surface area contributed by atoms with Crippen LogP contribution in [0.15, 0.2) is 36.5 Å². The molecule has 0 saturated carbocycles. The summed E-state index contributed by atoms with van der Waals surface area (Å²) >= 11 is 1.28. The highest BCUT2D eigenvalue weighted by atomic mass is 32.2. The van der Waals surface area contributed by atoms with E-state index in [1.165, 1.54) is 16.7 Å². The highest BCUT2D eigenvalue weighted by Gasteiger charge is 2.56. The van der Waals surface area contributed by atoms with Crippen molar-refractivity contribution in [3.05, 3.63) is 36.5 Å². The number of hydrogen-bond donors (Lipinski definition) is 2. The molecule has 9 heteroatoms. The number of fused-ring (bicyclic) bond motifs is 2. The number of carboxylic acid groups (broad SMARTS) is 1. The molecule has 1 saturated heterocycles. The minimum Gasteiger partial charge on any atom is -0.449 e. The van der Waals surface area contributed by atoms with E-state index in [9.17, 15) is 14.7 Å². The van der Waals surface area contributed by atoms with E-state index >= 15 is 0 Å². The van der Waals surface area contributed by atoms with Crippen LogP contribution in [-0.4, -0.2) is 48.7 Å². The molecule has 8 nitrogen and oxygen atoms in total. The maximum absolute atomic E-state index is 12.1. The molecule has 2 aromatic rings. The van der Waals surface area contributed by atoms with Crippen molar-refractivity contribution >= 4 is 39.9 Å². The molecule has 0 radical (unpaired) electrons. The Morgan fingerprint density at radius 3 is 3.00 bits per heavy atom. The average Bonchev–Trinajstić information content (AvgIpc) is 3.06. The molecule has 2 N–H and O–H groups in total. The molecule has 2 atom stereocenters. The van der Waals surface area contributed by atoms with Crippen LogP contribution >= 0.6 is 11.8 Å². The fourth-order valence-corrected chi connectivity index (χ4v) is 4.18. The van der Waals surface area contributed by atoms with Crippen LogP contribution in [0, 0.1) is 5.92 Å². The summed E-state index contributed by atoms with van der Waals surface area (Å²) in [5, 5.41) is 19.3. The fourth-order valence-electron chi connectivity index (χ4n) is 2.78. The number of pyridine rings is 1. The molecule has 0 bridgehead atoms. The Kier molecular flexibility index (Phi) is 3.06. The summed E-state index contributed by atoms with van der Waals surface area (Å²) in [7, 11) is 0. The number of aliphatic hydroxyl groups excluding tert-OH is 1. The Bertz CT molecular complexity index is 861. The molecular formula is C14H11N3O5S. The summed E-state index contributed by atoms with van der Waals surface area (Å²) in [4.78, 5) is 28.6. The summed E-state index contributed by atoms with van der Waals surface area (Å²) in [6, 6.07) is 5.53. The smallest absolute Gasteiger partial charge is 0.449 e. The average molecular weight is 333 g/mol. The maximum Gasteiger partial charge on any atom is 0.512 e. The molecular weight excluding hydrogens is 322 g/mol. The van der Waals surface area contributed by atoms with Crippen molar-refractivity contribution in [1.82, 2.24) is 14.5 Å². The highest BCUT2D eigenvalue weighted by Crippen LogP contribution is 2.51.